The van der Waals surface area contributed by atoms with E-state index in [0.29, 0.717) is 27.6 Å². The maximum Gasteiger partial charge on any atom is 0.145 e. The van der Waals surface area contributed by atoms with E-state index in [2.05, 4.69) is 5.43 Å². The van der Waals surface area contributed by atoms with Gasteiger partial charge in [-0.1, -0.05) is 46.9 Å². The monoisotopic (exact) mass is 332 g/mol. The zero-order valence-electron chi connectivity index (χ0n) is 10.3. The van der Waals surface area contributed by atoms with Gasteiger partial charge in [-0.05, 0) is 41.8 Å². The number of nitrogens with two attached hydrogens (primary N) is 1. The van der Waals surface area contributed by atoms with Gasteiger partial charge in [-0.15, -0.1) is 0 Å². The fourth-order valence-electron chi connectivity index (χ4n) is 1.97. The number of rotatable bonds is 4. The molecule has 2 aromatic rings. The first-order valence-corrected chi connectivity index (χ1v) is 7.00. The minimum atomic E-state index is -0.451. The summed E-state index contributed by atoms with van der Waals surface area (Å²) in [6, 6.07) is 9.54. The molecule has 2 aromatic carbocycles. The van der Waals surface area contributed by atoms with Crippen LogP contribution in [0.15, 0.2) is 36.4 Å². The molecule has 0 aliphatic rings. The molecule has 6 heteroatoms. The van der Waals surface area contributed by atoms with Gasteiger partial charge in [0.15, 0.2) is 0 Å². The fourth-order valence-corrected chi connectivity index (χ4v) is 2.59. The highest BCUT2D eigenvalue weighted by molar-refractivity contribution is 6.33. The highest BCUT2D eigenvalue weighted by Crippen LogP contribution is 2.29. The Labute approximate surface area is 131 Å². The van der Waals surface area contributed by atoms with Gasteiger partial charge in [0.25, 0.3) is 0 Å². The van der Waals surface area contributed by atoms with E-state index in [4.69, 9.17) is 40.6 Å². The summed E-state index contributed by atoms with van der Waals surface area (Å²) in [5.41, 5.74) is 3.79. The van der Waals surface area contributed by atoms with E-state index >= 15 is 0 Å². The molecule has 0 bridgehead atoms. The molecule has 1 atom stereocenters. The molecule has 0 spiro atoms. The molecule has 0 aliphatic heterocycles. The van der Waals surface area contributed by atoms with Crippen molar-refractivity contribution < 1.29 is 4.39 Å². The molecule has 2 rings (SSSR count). The molecule has 0 saturated heterocycles. The molecule has 20 heavy (non-hydrogen) atoms. The summed E-state index contributed by atoms with van der Waals surface area (Å²) in [5.74, 6) is 5.10. The second-order valence-corrected chi connectivity index (χ2v) is 5.55. The zero-order chi connectivity index (χ0) is 14.7. The Morgan fingerprint density at radius 2 is 1.85 bits per heavy atom. The van der Waals surface area contributed by atoms with Crippen LogP contribution in [0.1, 0.15) is 17.2 Å². The summed E-state index contributed by atoms with van der Waals surface area (Å²) in [6.07, 6.45) is 0.308. The average molecular weight is 334 g/mol. The molecular weight excluding hydrogens is 322 g/mol. The van der Waals surface area contributed by atoms with Crippen LogP contribution in [0.25, 0.3) is 0 Å². The van der Waals surface area contributed by atoms with Crippen LogP contribution in [0.4, 0.5) is 4.39 Å². The van der Waals surface area contributed by atoms with Crippen molar-refractivity contribution in [3.8, 4) is 0 Å². The van der Waals surface area contributed by atoms with E-state index in [-0.39, 0.29) is 11.1 Å². The summed E-state index contributed by atoms with van der Waals surface area (Å²) in [4.78, 5) is 0. The van der Waals surface area contributed by atoms with Gasteiger partial charge in [0.05, 0.1) is 11.1 Å². The molecule has 0 radical (unpaired) electrons. The van der Waals surface area contributed by atoms with Crippen molar-refractivity contribution in [2.24, 2.45) is 5.84 Å². The minimum absolute atomic E-state index is 0.0791. The van der Waals surface area contributed by atoms with Crippen LogP contribution in [-0.2, 0) is 6.42 Å². The Bertz CT molecular complexity index is 619. The predicted molar refractivity (Wildman–Crippen MR) is 81.6 cm³/mol. The lowest BCUT2D eigenvalue weighted by atomic mass is 9.99. The van der Waals surface area contributed by atoms with Gasteiger partial charge in [-0.25, -0.2) is 4.39 Å². The first-order valence-electron chi connectivity index (χ1n) is 5.87. The van der Waals surface area contributed by atoms with Crippen molar-refractivity contribution in [2.75, 3.05) is 0 Å². The second-order valence-electron chi connectivity index (χ2n) is 4.30. The first kappa shape index (κ1) is 15.5. The molecule has 0 saturated carbocycles. The Balaban J connectivity index is 2.34. The van der Waals surface area contributed by atoms with Crippen molar-refractivity contribution in [3.05, 3.63) is 68.4 Å². The third-order valence-electron chi connectivity index (χ3n) is 2.99. The van der Waals surface area contributed by atoms with Gasteiger partial charge in [0.2, 0.25) is 0 Å². The number of benzene rings is 2. The van der Waals surface area contributed by atoms with E-state index in [0.717, 1.165) is 0 Å². The lowest BCUT2D eigenvalue weighted by Gasteiger charge is -2.18. The predicted octanol–water partition coefficient (Wildman–Crippen LogP) is 4.53. The molecule has 0 heterocycles. The normalized spacial score (nSPS) is 12.4. The summed E-state index contributed by atoms with van der Waals surface area (Å²) in [7, 11) is 0. The van der Waals surface area contributed by atoms with Crippen LogP contribution in [0, 0.1) is 5.82 Å². The van der Waals surface area contributed by atoms with E-state index in [1.54, 1.807) is 30.3 Å². The molecule has 0 amide bonds. The number of hydrazine groups is 1. The molecule has 3 N–H and O–H groups in total. The number of halogens is 4. The van der Waals surface area contributed by atoms with Crippen LogP contribution < -0.4 is 11.3 Å². The van der Waals surface area contributed by atoms with Crippen molar-refractivity contribution in [1.29, 1.82) is 0 Å². The fraction of sp³-hybridized carbons (Fsp3) is 0.143. The van der Waals surface area contributed by atoms with Crippen LogP contribution in [0.5, 0.6) is 0 Å². The Kier molecular flexibility index (Phi) is 5.24. The molecule has 0 aromatic heterocycles. The van der Waals surface area contributed by atoms with Crippen molar-refractivity contribution >= 4 is 34.8 Å². The highest BCUT2D eigenvalue weighted by Gasteiger charge is 2.17. The average Bonchev–Trinajstić information content (AvgIpc) is 2.43. The van der Waals surface area contributed by atoms with Gasteiger partial charge in [-0.2, -0.15) is 0 Å². The largest absolute Gasteiger partial charge is 0.271 e. The van der Waals surface area contributed by atoms with Gasteiger partial charge in [0.1, 0.15) is 5.82 Å². The lowest BCUT2D eigenvalue weighted by molar-refractivity contribution is 0.529. The van der Waals surface area contributed by atoms with E-state index in [1.165, 1.54) is 6.07 Å². The smallest absolute Gasteiger partial charge is 0.145 e. The Morgan fingerprint density at radius 3 is 2.55 bits per heavy atom. The van der Waals surface area contributed by atoms with Crippen LogP contribution >= 0.6 is 34.8 Å². The van der Waals surface area contributed by atoms with Gasteiger partial charge in [0, 0.05) is 10.0 Å². The maximum absolute atomic E-state index is 13.9. The van der Waals surface area contributed by atoms with Crippen LogP contribution in [-0.4, -0.2) is 0 Å². The number of nitrogens with one attached hydrogen (secondary N) is 1. The summed E-state index contributed by atoms with van der Waals surface area (Å²) in [5, 5.41) is 1.13. The summed E-state index contributed by atoms with van der Waals surface area (Å²) < 4.78 is 13.9. The van der Waals surface area contributed by atoms with Crippen LogP contribution in [0.2, 0.25) is 15.1 Å². The second kappa shape index (κ2) is 6.74. The quantitative estimate of drug-likeness (QED) is 0.637. The van der Waals surface area contributed by atoms with Crippen molar-refractivity contribution in [2.45, 2.75) is 12.5 Å². The topological polar surface area (TPSA) is 38.0 Å². The van der Waals surface area contributed by atoms with Gasteiger partial charge < -0.3 is 0 Å². The maximum atomic E-state index is 13.9. The van der Waals surface area contributed by atoms with Crippen LogP contribution in [0.3, 0.4) is 0 Å². The SMILES string of the molecule is NNC(Cc1cccc(Cl)c1F)c1cc(Cl)ccc1Cl. The van der Waals surface area contributed by atoms with Gasteiger partial charge in [-0.3, -0.25) is 11.3 Å². The molecule has 106 valence electrons. The van der Waals surface area contributed by atoms with E-state index in [1.807, 2.05) is 0 Å². The van der Waals surface area contributed by atoms with Gasteiger partial charge >= 0.3 is 0 Å². The summed E-state index contributed by atoms with van der Waals surface area (Å²) >= 11 is 17.9. The van der Waals surface area contributed by atoms with E-state index in [9.17, 15) is 4.39 Å². The molecule has 1 unspecified atom stereocenters. The highest BCUT2D eigenvalue weighted by atomic mass is 35.5. The third-order valence-corrected chi connectivity index (χ3v) is 3.86. The Hall–Kier alpha value is -0.840. The third kappa shape index (κ3) is 3.43. The van der Waals surface area contributed by atoms with Crippen molar-refractivity contribution in [3.63, 3.8) is 0 Å². The lowest BCUT2D eigenvalue weighted by Crippen LogP contribution is -2.30. The number of hydrogen-bond donors (Lipinski definition) is 2. The molecule has 2 nitrogen and oxygen atoms in total. The standard InChI is InChI=1S/C14H12Cl3FN2/c15-9-4-5-11(16)10(7-9)13(20-19)6-8-2-1-3-12(17)14(8)18/h1-5,7,13,20H,6,19H2. The number of hydrogen-bond acceptors (Lipinski definition) is 2. The molecule has 0 aliphatic carbocycles. The zero-order valence-corrected chi connectivity index (χ0v) is 12.6. The van der Waals surface area contributed by atoms with Crippen molar-refractivity contribution in [1.82, 2.24) is 5.43 Å². The summed E-state index contributed by atoms with van der Waals surface area (Å²) in [6.45, 7) is 0. The van der Waals surface area contributed by atoms with E-state index < -0.39 is 5.82 Å². The Morgan fingerprint density at radius 1 is 1.10 bits per heavy atom. The minimum Gasteiger partial charge on any atom is -0.271 e. The molecular formula is C14H12Cl3FN2. The first-order chi connectivity index (χ1) is 9.52. The molecule has 0 fully saturated rings.